The summed E-state index contributed by atoms with van der Waals surface area (Å²) in [6, 6.07) is 19.2. The molecule has 1 heterocycles. The molecule has 1 aliphatic heterocycles. The summed E-state index contributed by atoms with van der Waals surface area (Å²) in [5.41, 5.74) is 1.92. The molecule has 5 rings (SSSR count). The van der Waals surface area contributed by atoms with E-state index in [2.05, 4.69) is 0 Å². The van der Waals surface area contributed by atoms with Gasteiger partial charge in [-0.2, -0.15) is 0 Å². The van der Waals surface area contributed by atoms with Gasteiger partial charge in [-0.1, -0.05) is 42.7 Å². The summed E-state index contributed by atoms with van der Waals surface area (Å²) in [5, 5.41) is 0. The molecule has 3 aromatic rings. The second-order valence-electron chi connectivity index (χ2n) is 9.81. The van der Waals surface area contributed by atoms with Crippen LogP contribution in [0.25, 0.3) is 0 Å². The molecule has 2 unspecified atom stereocenters. The van der Waals surface area contributed by atoms with Crippen LogP contribution in [-0.4, -0.2) is 36.1 Å². The number of para-hydroxylation sites is 1. The van der Waals surface area contributed by atoms with E-state index in [0.717, 1.165) is 23.3 Å². The third-order valence-corrected chi connectivity index (χ3v) is 7.21. The van der Waals surface area contributed by atoms with Gasteiger partial charge in [-0.3, -0.25) is 14.4 Å². The highest BCUT2D eigenvalue weighted by Crippen LogP contribution is 2.41. The molecular weight excluding hydrogens is 498 g/mol. The zero-order chi connectivity index (χ0) is 27.5. The molecule has 198 valence electrons. The van der Waals surface area contributed by atoms with Gasteiger partial charge in [0, 0.05) is 5.56 Å². The summed E-state index contributed by atoms with van der Waals surface area (Å²) < 4.78 is 10.6. The van der Waals surface area contributed by atoms with Crippen molar-refractivity contribution < 1.29 is 33.4 Å². The van der Waals surface area contributed by atoms with Gasteiger partial charge in [0.05, 0.1) is 28.7 Å². The van der Waals surface area contributed by atoms with Crippen molar-refractivity contribution in [3.8, 4) is 5.75 Å². The van der Waals surface area contributed by atoms with Crippen molar-refractivity contribution >= 4 is 35.2 Å². The fraction of sp³-hybridized carbons (Fsp3) is 0.258. The number of Topliss-reactive ketones (excluding diaryl/α,β-unsaturated/α-hetero) is 1. The predicted molar refractivity (Wildman–Crippen MR) is 142 cm³/mol. The predicted octanol–water partition coefficient (Wildman–Crippen LogP) is 4.93. The van der Waals surface area contributed by atoms with Crippen molar-refractivity contribution in [2.24, 2.45) is 11.8 Å². The maximum Gasteiger partial charge on any atom is 0.343 e. The van der Waals surface area contributed by atoms with E-state index in [4.69, 9.17) is 9.47 Å². The van der Waals surface area contributed by atoms with Gasteiger partial charge in [0.1, 0.15) is 5.75 Å². The SMILES string of the molecule is Cc1ccc(C(=O)Oc2ccc(C(=O)COC(=O)c3ccccc3N3C(=O)C4CCCCC4C3=O)cc2)cc1. The number of esters is 2. The molecule has 8 nitrogen and oxygen atoms in total. The van der Waals surface area contributed by atoms with Gasteiger partial charge in [0.2, 0.25) is 11.8 Å². The van der Waals surface area contributed by atoms with Crippen LogP contribution in [0.5, 0.6) is 5.75 Å². The van der Waals surface area contributed by atoms with E-state index in [0.29, 0.717) is 18.4 Å². The number of hydrogen-bond acceptors (Lipinski definition) is 7. The zero-order valence-corrected chi connectivity index (χ0v) is 21.4. The number of benzene rings is 3. The lowest BCUT2D eigenvalue weighted by atomic mass is 9.81. The van der Waals surface area contributed by atoms with Crippen molar-refractivity contribution in [2.75, 3.05) is 11.5 Å². The number of fused-ring (bicyclic) bond motifs is 1. The number of carbonyl (C=O) groups is 5. The number of imide groups is 1. The number of carbonyl (C=O) groups excluding carboxylic acids is 5. The van der Waals surface area contributed by atoms with Crippen molar-refractivity contribution in [3.63, 3.8) is 0 Å². The molecule has 0 N–H and O–H groups in total. The fourth-order valence-corrected chi connectivity index (χ4v) is 5.10. The number of aryl methyl sites for hydroxylation is 1. The lowest BCUT2D eigenvalue weighted by molar-refractivity contribution is -0.122. The third kappa shape index (κ3) is 5.36. The Bertz CT molecular complexity index is 1420. The summed E-state index contributed by atoms with van der Waals surface area (Å²) >= 11 is 0. The normalized spacial score (nSPS) is 18.4. The van der Waals surface area contributed by atoms with Gasteiger partial charge in [-0.05, 0) is 68.3 Å². The monoisotopic (exact) mass is 525 g/mol. The highest BCUT2D eigenvalue weighted by atomic mass is 16.5. The molecule has 3 aromatic carbocycles. The van der Waals surface area contributed by atoms with Crippen LogP contribution in [-0.2, 0) is 14.3 Å². The number of amides is 2. The summed E-state index contributed by atoms with van der Waals surface area (Å²) in [6.45, 7) is 1.38. The average Bonchev–Trinajstić information content (AvgIpc) is 3.21. The second kappa shape index (κ2) is 11.0. The maximum atomic E-state index is 13.0. The minimum atomic E-state index is -0.807. The van der Waals surface area contributed by atoms with Crippen molar-refractivity contribution in [3.05, 3.63) is 95.1 Å². The number of ether oxygens (including phenoxy) is 2. The van der Waals surface area contributed by atoms with Crippen LogP contribution in [0, 0.1) is 18.8 Å². The van der Waals surface area contributed by atoms with E-state index >= 15 is 0 Å². The van der Waals surface area contributed by atoms with Crippen molar-refractivity contribution in [1.29, 1.82) is 0 Å². The number of rotatable bonds is 7. The third-order valence-electron chi connectivity index (χ3n) is 7.21. The number of ketones is 1. The van der Waals surface area contributed by atoms with Crippen molar-refractivity contribution in [2.45, 2.75) is 32.6 Å². The number of nitrogens with zero attached hydrogens (tertiary/aromatic N) is 1. The number of anilines is 1. The van der Waals surface area contributed by atoms with Crippen molar-refractivity contribution in [1.82, 2.24) is 0 Å². The van der Waals surface area contributed by atoms with Crippen LogP contribution in [0.3, 0.4) is 0 Å². The van der Waals surface area contributed by atoms with Crippen LogP contribution >= 0.6 is 0 Å². The van der Waals surface area contributed by atoms with Gasteiger partial charge in [0.15, 0.2) is 12.4 Å². The maximum absolute atomic E-state index is 13.0. The first-order valence-electron chi connectivity index (χ1n) is 12.9. The standard InChI is InChI=1S/C31H27NO7/c1-19-10-12-21(13-11-19)30(36)39-22-16-14-20(15-17-22)27(33)18-38-31(37)25-8-4-5-9-26(25)32-28(34)23-6-2-3-7-24(23)29(32)35/h4-5,8-17,23-24H,2-3,6-7,18H2,1H3. The van der Waals surface area contributed by atoms with E-state index in [1.807, 2.05) is 19.1 Å². The molecule has 1 saturated carbocycles. The Balaban J connectivity index is 1.22. The first kappa shape index (κ1) is 26.0. The minimum Gasteiger partial charge on any atom is -0.454 e. The molecule has 0 radical (unpaired) electrons. The van der Waals surface area contributed by atoms with E-state index in [1.54, 1.807) is 30.3 Å². The second-order valence-corrected chi connectivity index (χ2v) is 9.81. The Labute approximate surface area is 225 Å². The first-order chi connectivity index (χ1) is 18.8. The lowest BCUT2D eigenvalue weighted by Gasteiger charge is -2.19. The van der Waals surface area contributed by atoms with Crippen LogP contribution in [0.1, 0.15) is 62.3 Å². The molecule has 2 fully saturated rings. The van der Waals surface area contributed by atoms with E-state index in [-0.39, 0.29) is 46.2 Å². The van der Waals surface area contributed by atoms with Crippen LogP contribution in [0.15, 0.2) is 72.8 Å². The Morgan fingerprint density at radius 2 is 1.36 bits per heavy atom. The van der Waals surface area contributed by atoms with Crippen LogP contribution in [0.2, 0.25) is 0 Å². The molecule has 0 aromatic heterocycles. The molecule has 1 aliphatic carbocycles. The van der Waals surface area contributed by atoms with Gasteiger partial charge < -0.3 is 9.47 Å². The van der Waals surface area contributed by atoms with E-state index in [9.17, 15) is 24.0 Å². The summed E-state index contributed by atoms with van der Waals surface area (Å²) in [5.74, 6) is -2.80. The summed E-state index contributed by atoms with van der Waals surface area (Å²) in [7, 11) is 0. The van der Waals surface area contributed by atoms with Gasteiger partial charge >= 0.3 is 11.9 Å². The highest BCUT2D eigenvalue weighted by Gasteiger charge is 2.49. The average molecular weight is 526 g/mol. The molecule has 2 atom stereocenters. The molecular formula is C31H27NO7. The smallest absolute Gasteiger partial charge is 0.343 e. The Hall–Kier alpha value is -4.59. The Morgan fingerprint density at radius 3 is 2.00 bits per heavy atom. The molecule has 0 spiro atoms. The van der Waals surface area contributed by atoms with E-state index in [1.165, 1.54) is 30.3 Å². The van der Waals surface area contributed by atoms with E-state index < -0.39 is 24.3 Å². The van der Waals surface area contributed by atoms with Gasteiger partial charge in [-0.25, -0.2) is 14.5 Å². The summed E-state index contributed by atoms with van der Waals surface area (Å²) in [6.07, 6.45) is 3.12. The molecule has 8 heteroatoms. The lowest BCUT2D eigenvalue weighted by Crippen LogP contribution is -2.32. The van der Waals surface area contributed by atoms with Crippen LogP contribution < -0.4 is 9.64 Å². The quantitative estimate of drug-likeness (QED) is 0.186. The van der Waals surface area contributed by atoms with Gasteiger partial charge in [0.25, 0.3) is 0 Å². The largest absolute Gasteiger partial charge is 0.454 e. The fourth-order valence-electron chi connectivity index (χ4n) is 5.10. The number of hydrogen-bond donors (Lipinski definition) is 0. The minimum absolute atomic E-state index is 0.0454. The molecule has 1 saturated heterocycles. The topological polar surface area (TPSA) is 107 Å². The summed E-state index contributed by atoms with van der Waals surface area (Å²) in [4.78, 5) is 65.1. The zero-order valence-electron chi connectivity index (χ0n) is 21.4. The molecule has 2 aliphatic rings. The van der Waals surface area contributed by atoms with Crippen LogP contribution in [0.4, 0.5) is 5.69 Å². The molecule has 0 bridgehead atoms. The molecule has 2 amide bonds. The first-order valence-corrected chi connectivity index (χ1v) is 12.9. The Kier molecular flexibility index (Phi) is 7.36. The Morgan fingerprint density at radius 1 is 0.769 bits per heavy atom. The van der Waals surface area contributed by atoms with Gasteiger partial charge in [-0.15, -0.1) is 0 Å². The highest BCUT2D eigenvalue weighted by molar-refractivity contribution is 6.24. The molecule has 39 heavy (non-hydrogen) atoms.